The van der Waals surface area contributed by atoms with Crippen LogP contribution < -0.4 is 0 Å². The summed E-state index contributed by atoms with van der Waals surface area (Å²) in [7, 11) is 0. The zero-order valence-electron chi connectivity index (χ0n) is 9.69. The van der Waals surface area contributed by atoms with Crippen LogP contribution in [-0.4, -0.2) is 47.5 Å². The van der Waals surface area contributed by atoms with Crippen LogP contribution in [0, 0.1) is 5.95 Å². The van der Waals surface area contributed by atoms with Crippen LogP contribution in [0.1, 0.15) is 12.5 Å². The Morgan fingerprint density at radius 1 is 1.25 bits per heavy atom. The summed E-state index contributed by atoms with van der Waals surface area (Å²) in [5, 5.41) is 0. The van der Waals surface area contributed by atoms with Gasteiger partial charge in [-0.05, 0) is 12.6 Å². The molecule has 2 heterocycles. The lowest BCUT2D eigenvalue weighted by atomic mass is 10.2. The topological polar surface area (TPSA) is 19.4 Å². The molecule has 1 aliphatic heterocycles. The third-order valence-corrected chi connectivity index (χ3v) is 3.14. The molecule has 0 spiro atoms. The normalized spacial score (nSPS) is 18.9. The Labute approximate surface area is 95.9 Å². The van der Waals surface area contributed by atoms with Gasteiger partial charge in [-0.3, -0.25) is 4.90 Å². The SMILES string of the molecule is CCN1CCN(Cc2cccnc2F)CC1. The molecule has 0 radical (unpaired) electrons. The van der Waals surface area contributed by atoms with Gasteiger partial charge in [0.15, 0.2) is 0 Å². The predicted molar refractivity (Wildman–Crippen MR) is 61.6 cm³/mol. The van der Waals surface area contributed by atoms with Crippen LogP contribution in [0.4, 0.5) is 4.39 Å². The zero-order valence-corrected chi connectivity index (χ0v) is 9.69. The molecule has 1 aromatic heterocycles. The van der Waals surface area contributed by atoms with E-state index in [-0.39, 0.29) is 5.95 Å². The highest BCUT2D eigenvalue weighted by molar-refractivity contribution is 5.10. The summed E-state index contributed by atoms with van der Waals surface area (Å²) in [4.78, 5) is 8.37. The molecule has 1 saturated heterocycles. The average molecular weight is 223 g/mol. The van der Waals surface area contributed by atoms with Crippen molar-refractivity contribution in [2.45, 2.75) is 13.5 Å². The van der Waals surface area contributed by atoms with Crippen LogP contribution in [0.25, 0.3) is 0 Å². The van der Waals surface area contributed by atoms with Gasteiger partial charge in [-0.25, -0.2) is 4.98 Å². The van der Waals surface area contributed by atoms with E-state index in [9.17, 15) is 4.39 Å². The Morgan fingerprint density at radius 2 is 1.94 bits per heavy atom. The second-order valence-electron chi connectivity index (χ2n) is 4.16. The molecule has 1 fully saturated rings. The molecule has 3 nitrogen and oxygen atoms in total. The van der Waals surface area contributed by atoms with Crippen molar-refractivity contribution in [3.05, 3.63) is 29.8 Å². The zero-order chi connectivity index (χ0) is 11.4. The van der Waals surface area contributed by atoms with Gasteiger partial charge >= 0.3 is 0 Å². The molecule has 4 heteroatoms. The number of piperazine rings is 1. The van der Waals surface area contributed by atoms with Crippen molar-refractivity contribution >= 4 is 0 Å². The Kier molecular flexibility index (Phi) is 3.85. The van der Waals surface area contributed by atoms with Crippen molar-refractivity contribution in [1.29, 1.82) is 0 Å². The van der Waals surface area contributed by atoms with Gasteiger partial charge in [-0.2, -0.15) is 4.39 Å². The first kappa shape index (κ1) is 11.5. The second kappa shape index (κ2) is 5.37. The highest BCUT2D eigenvalue weighted by Crippen LogP contribution is 2.09. The number of halogens is 1. The van der Waals surface area contributed by atoms with Crippen molar-refractivity contribution in [3.8, 4) is 0 Å². The molecule has 2 rings (SSSR count). The number of hydrogen-bond donors (Lipinski definition) is 0. The summed E-state index contributed by atoms with van der Waals surface area (Å²) < 4.78 is 13.3. The molecule has 16 heavy (non-hydrogen) atoms. The quantitative estimate of drug-likeness (QED) is 0.721. The van der Waals surface area contributed by atoms with Gasteiger partial charge in [0, 0.05) is 44.5 Å². The fourth-order valence-electron chi connectivity index (χ4n) is 2.04. The third-order valence-electron chi connectivity index (χ3n) is 3.14. The molecule has 0 saturated carbocycles. The summed E-state index contributed by atoms with van der Waals surface area (Å²) in [6.07, 6.45) is 1.49. The van der Waals surface area contributed by atoms with Gasteiger partial charge < -0.3 is 4.90 Å². The number of rotatable bonds is 3. The highest BCUT2D eigenvalue weighted by Gasteiger charge is 2.16. The molecule has 0 atom stereocenters. The molecule has 0 bridgehead atoms. The maximum absolute atomic E-state index is 13.3. The van der Waals surface area contributed by atoms with Crippen molar-refractivity contribution in [2.24, 2.45) is 0 Å². The van der Waals surface area contributed by atoms with E-state index in [1.54, 1.807) is 6.07 Å². The van der Waals surface area contributed by atoms with Crippen LogP contribution in [0.2, 0.25) is 0 Å². The minimum Gasteiger partial charge on any atom is -0.301 e. The molecule has 0 aliphatic carbocycles. The Morgan fingerprint density at radius 3 is 2.56 bits per heavy atom. The summed E-state index contributed by atoms with van der Waals surface area (Å²) in [5.41, 5.74) is 0.701. The standard InChI is InChI=1S/C12H18FN3/c1-2-15-6-8-16(9-7-15)10-11-4-3-5-14-12(11)13/h3-5H,2,6-10H2,1H3. The van der Waals surface area contributed by atoms with Gasteiger partial charge in [0.05, 0.1) is 0 Å². The van der Waals surface area contributed by atoms with Crippen LogP contribution in [-0.2, 0) is 6.54 Å². The Hall–Kier alpha value is -1.00. The molecular formula is C12H18FN3. The van der Waals surface area contributed by atoms with Crippen LogP contribution >= 0.6 is 0 Å². The number of nitrogens with zero attached hydrogens (tertiary/aromatic N) is 3. The maximum Gasteiger partial charge on any atom is 0.217 e. The third kappa shape index (κ3) is 2.77. The first-order valence-electron chi connectivity index (χ1n) is 5.83. The average Bonchev–Trinajstić information content (AvgIpc) is 2.33. The van der Waals surface area contributed by atoms with Crippen molar-refractivity contribution < 1.29 is 4.39 Å². The summed E-state index contributed by atoms with van der Waals surface area (Å²) in [6.45, 7) is 8.16. The minimum absolute atomic E-state index is 0.333. The summed E-state index contributed by atoms with van der Waals surface area (Å²) in [5.74, 6) is -0.333. The van der Waals surface area contributed by atoms with Gasteiger partial charge in [0.1, 0.15) is 0 Å². The lowest BCUT2D eigenvalue weighted by Crippen LogP contribution is -2.45. The number of likely N-dealkylation sites (N-methyl/N-ethyl adjacent to an activating group) is 1. The van der Waals surface area contributed by atoms with Gasteiger partial charge in [-0.15, -0.1) is 0 Å². The van der Waals surface area contributed by atoms with Gasteiger partial charge in [-0.1, -0.05) is 13.0 Å². The van der Waals surface area contributed by atoms with Gasteiger partial charge in [0.25, 0.3) is 0 Å². The van der Waals surface area contributed by atoms with Crippen LogP contribution in [0.3, 0.4) is 0 Å². The molecule has 0 amide bonds. The van der Waals surface area contributed by atoms with Crippen LogP contribution in [0.15, 0.2) is 18.3 Å². The van der Waals surface area contributed by atoms with Crippen molar-refractivity contribution in [3.63, 3.8) is 0 Å². The van der Waals surface area contributed by atoms with E-state index in [2.05, 4.69) is 21.7 Å². The smallest absolute Gasteiger partial charge is 0.217 e. The molecule has 0 N–H and O–H groups in total. The number of aromatic nitrogens is 1. The van der Waals surface area contributed by atoms with Crippen molar-refractivity contribution in [1.82, 2.24) is 14.8 Å². The summed E-state index contributed by atoms with van der Waals surface area (Å²) >= 11 is 0. The molecule has 88 valence electrons. The fraction of sp³-hybridized carbons (Fsp3) is 0.583. The largest absolute Gasteiger partial charge is 0.301 e. The monoisotopic (exact) mass is 223 g/mol. The minimum atomic E-state index is -0.333. The Balaban J connectivity index is 1.89. The fourth-order valence-corrected chi connectivity index (χ4v) is 2.04. The van der Waals surface area contributed by atoms with E-state index in [4.69, 9.17) is 0 Å². The molecule has 0 unspecified atom stereocenters. The molecule has 1 aromatic rings. The number of pyridine rings is 1. The molecule has 0 aromatic carbocycles. The highest BCUT2D eigenvalue weighted by atomic mass is 19.1. The number of hydrogen-bond acceptors (Lipinski definition) is 3. The first-order valence-corrected chi connectivity index (χ1v) is 5.83. The summed E-state index contributed by atoms with van der Waals surface area (Å²) in [6, 6.07) is 3.61. The molecule has 1 aliphatic rings. The molecular weight excluding hydrogens is 205 g/mol. The first-order chi connectivity index (χ1) is 7.79. The Bertz CT molecular complexity index is 335. The lowest BCUT2D eigenvalue weighted by molar-refractivity contribution is 0.130. The van der Waals surface area contributed by atoms with E-state index in [0.29, 0.717) is 12.1 Å². The van der Waals surface area contributed by atoms with Crippen molar-refractivity contribution in [2.75, 3.05) is 32.7 Å². The predicted octanol–water partition coefficient (Wildman–Crippen LogP) is 1.36. The van der Waals surface area contributed by atoms with Gasteiger partial charge in [0.2, 0.25) is 5.95 Å². The van der Waals surface area contributed by atoms with E-state index < -0.39 is 0 Å². The van der Waals surface area contributed by atoms with E-state index in [1.165, 1.54) is 6.20 Å². The maximum atomic E-state index is 13.3. The van der Waals surface area contributed by atoms with Crippen LogP contribution in [0.5, 0.6) is 0 Å². The second-order valence-corrected chi connectivity index (χ2v) is 4.16. The van der Waals surface area contributed by atoms with E-state index in [0.717, 1.165) is 32.7 Å². The van der Waals surface area contributed by atoms with E-state index in [1.807, 2.05) is 6.07 Å². The van der Waals surface area contributed by atoms with E-state index >= 15 is 0 Å². The lowest BCUT2D eigenvalue weighted by Gasteiger charge is -2.33.